The molecule has 16 heavy (non-hydrogen) atoms. The molecular formula is C12H17NO3. The summed E-state index contributed by atoms with van der Waals surface area (Å²) in [6, 6.07) is 0. The number of carboxylic acid groups (broad SMARTS) is 1. The van der Waals surface area contributed by atoms with Gasteiger partial charge in [0.2, 0.25) is 0 Å². The molecular weight excluding hydrogens is 206 g/mol. The van der Waals surface area contributed by atoms with Gasteiger partial charge in [0.05, 0.1) is 5.41 Å². The molecule has 2 N–H and O–H groups in total. The maximum Gasteiger partial charge on any atom is 0.311 e. The van der Waals surface area contributed by atoms with E-state index in [9.17, 15) is 14.7 Å². The quantitative estimate of drug-likeness (QED) is 0.705. The van der Waals surface area contributed by atoms with Crippen LogP contribution in [0, 0.1) is 17.3 Å². The van der Waals surface area contributed by atoms with Crippen molar-refractivity contribution in [2.45, 2.75) is 39.0 Å². The Kier molecular flexibility index (Phi) is 4.36. The van der Waals surface area contributed by atoms with Crippen LogP contribution in [0.1, 0.15) is 39.0 Å². The average molecular weight is 223 g/mol. The number of aliphatic carboxylic acids is 1. The lowest BCUT2D eigenvalue weighted by Gasteiger charge is -2.32. The Hall–Kier alpha value is -1.50. The molecule has 0 aromatic carbocycles. The number of amides is 1. The number of hydrogen-bond donors (Lipinski definition) is 2. The van der Waals surface area contributed by atoms with Crippen molar-refractivity contribution in [2.75, 3.05) is 6.54 Å². The molecule has 0 bridgehead atoms. The number of hydrogen-bond acceptors (Lipinski definition) is 2. The summed E-state index contributed by atoms with van der Waals surface area (Å²) in [4.78, 5) is 22.4. The molecule has 0 saturated heterocycles. The van der Waals surface area contributed by atoms with Crippen LogP contribution < -0.4 is 5.32 Å². The van der Waals surface area contributed by atoms with Crippen LogP contribution in [-0.4, -0.2) is 23.5 Å². The molecule has 1 rings (SSSR count). The van der Waals surface area contributed by atoms with Gasteiger partial charge in [-0.1, -0.05) is 25.2 Å². The van der Waals surface area contributed by atoms with Crippen molar-refractivity contribution in [1.82, 2.24) is 5.32 Å². The van der Waals surface area contributed by atoms with Crippen molar-refractivity contribution in [3.05, 3.63) is 0 Å². The van der Waals surface area contributed by atoms with E-state index in [2.05, 4.69) is 17.2 Å². The van der Waals surface area contributed by atoms with Gasteiger partial charge in [-0.05, 0) is 25.7 Å². The van der Waals surface area contributed by atoms with E-state index in [-0.39, 0.29) is 6.54 Å². The van der Waals surface area contributed by atoms with Gasteiger partial charge >= 0.3 is 5.97 Å². The summed E-state index contributed by atoms with van der Waals surface area (Å²) in [5.41, 5.74) is -0.774. The molecule has 0 spiro atoms. The van der Waals surface area contributed by atoms with Gasteiger partial charge in [0.1, 0.15) is 0 Å². The maximum atomic E-state index is 11.3. The summed E-state index contributed by atoms with van der Waals surface area (Å²) in [7, 11) is 0. The van der Waals surface area contributed by atoms with E-state index in [1.165, 1.54) is 0 Å². The molecule has 0 aliphatic heterocycles. The largest absolute Gasteiger partial charge is 0.481 e. The van der Waals surface area contributed by atoms with E-state index in [0.29, 0.717) is 12.8 Å². The van der Waals surface area contributed by atoms with E-state index in [4.69, 9.17) is 0 Å². The summed E-state index contributed by atoms with van der Waals surface area (Å²) in [6.45, 7) is 1.77. The van der Waals surface area contributed by atoms with E-state index in [1.807, 2.05) is 0 Å². The second-order valence-electron chi connectivity index (χ2n) is 4.20. The van der Waals surface area contributed by atoms with E-state index in [1.54, 1.807) is 6.92 Å². The molecule has 1 saturated carbocycles. The number of carbonyl (C=O) groups is 2. The third-order valence-electron chi connectivity index (χ3n) is 3.09. The molecule has 88 valence electrons. The standard InChI is InChI=1S/C12H17NO3/c1-2-6-10(14)13-9-12(11(15)16)7-4-3-5-8-12/h3-5,7-9H2,1H3,(H,13,14)(H,15,16). The summed E-state index contributed by atoms with van der Waals surface area (Å²) in [5, 5.41) is 11.8. The van der Waals surface area contributed by atoms with E-state index < -0.39 is 17.3 Å². The minimum Gasteiger partial charge on any atom is -0.481 e. The number of carbonyl (C=O) groups excluding carboxylic acids is 1. The molecule has 0 atom stereocenters. The van der Waals surface area contributed by atoms with E-state index in [0.717, 1.165) is 19.3 Å². The van der Waals surface area contributed by atoms with Crippen LogP contribution in [0.3, 0.4) is 0 Å². The first-order chi connectivity index (χ1) is 7.60. The molecule has 0 aromatic heterocycles. The van der Waals surface area contributed by atoms with Gasteiger partial charge in [0.15, 0.2) is 0 Å². The van der Waals surface area contributed by atoms with Gasteiger partial charge in [-0.2, -0.15) is 0 Å². The summed E-state index contributed by atoms with van der Waals surface area (Å²) < 4.78 is 0. The van der Waals surface area contributed by atoms with Crippen molar-refractivity contribution in [1.29, 1.82) is 0 Å². The Morgan fingerprint density at radius 1 is 1.31 bits per heavy atom. The van der Waals surface area contributed by atoms with Gasteiger partial charge in [0, 0.05) is 6.54 Å². The molecule has 0 radical (unpaired) electrons. The Labute approximate surface area is 95.4 Å². The Morgan fingerprint density at radius 2 is 1.94 bits per heavy atom. The molecule has 4 nitrogen and oxygen atoms in total. The van der Waals surface area contributed by atoms with Crippen LogP contribution in [0.15, 0.2) is 0 Å². The van der Waals surface area contributed by atoms with Crippen LogP contribution in [0.2, 0.25) is 0 Å². The summed E-state index contributed by atoms with van der Waals surface area (Å²) in [6.07, 6.45) is 4.20. The first-order valence-corrected chi connectivity index (χ1v) is 5.55. The minimum atomic E-state index is -0.808. The number of nitrogens with one attached hydrogen (secondary N) is 1. The second-order valence-corrected chi connectivity index (χ2v) is 4.20. The van der Waals surface area contributed by atoms with Crippen LogP contribution in [0.25, 0.3) is 0 Å². The van der Waals surface area contributed by atoms with Crippen molar-refractivity contribution < 1.29 is 14.7 Å². The highest BCUT2D eigenvalue weighted by Crippen LogP contribution is 2.35. The fourth-order valence-electron chi connectivity index (χ4n) is 2.10. The van der Waals surface area contributed by atoms with Crippen LogP contribution in [0.4, 0.5) is 0 Å². The third kappa shape index (κ3) is 2.99. The van der Waals surface area contributed by atoms with Gasteiger partial charge in [0.25, 0.3) is 5.91 Å². The molecule has 1 amide bonds. The van der Waals surface area contributed by atoms with Gasteiger partial charge < -0.3 is 10.4 Å². The zero-order chi connectivity index (χ0) is 12.0. The van der Waals surface area contributed by atoms with Gasteiger partial charge in [-0.3, -0.25) is 9.59 Å². The highest BCUT2D eigenvalue weighted by atomic mass is 16.4. The highest BCUT2D eigenvalue weighted by Gasteiger charge is 2.39. The van der Waals surface area contributed by atoms with Crippen LogP contribution in [-0.2, 0) is 9.59 Å². The molecule has 1 aliphatic carbocycles. The lowest BCUT2D eigenvalue weighted by atomic mass is 9.74. The SMILES string of the molecule is CC#CC(=O)NCC1(C(=O)O)CCCCC1. The zero-order valence-corrected chi connectivity index (χ0v) is 9.51. The van der Waals surface area contributed by atoms with Crippen LogP contribution >= 0.6 is 0 Å². The predicted molar refractivity (Wildman–Crippen MR) is 59.6 cm³/mol. The minimum absolute atomic E-state index is 0.190. The Morgan fingerprint density at radius 3 is 2.44 bits per heavy atom. The van der Waals surface area contributed by atoms with E-state index >= 15 is 0 Å². The predicted octanol–water partition coefficient (Wildman–Crippen LogP) is 1.16. The van der Waals surface area contributed by atoms with Crippen molar-refractivity contribution in [3.8, 4) is 11.8 Å². The maximum absolute atomic E-state index is 11.3. The van der Waals surface area contributed by atoms with Crippen LogP contribution in [0.5, 0.6) is 0 Å². The summed E-state index contributed by atoms with van der Waals surface area (Å²) >= 11 is 0. The summed E-state index contributed by atoms with van der Waals surface area (Å²) in [5.74, 6) is 3.63. The van der Waals surface area contributed by atoms with Gasteiger partial charge in [-0.25, -0.2) is 0 Å². The fraction of sp³-hybridized carbons (Fsp3) is 0.667. The molecule has 0 unspecified atom stereocenters. The molecule has 0 heterocycles. The number of carboxylic acids is 1. The van der Waals surface area contributed by atoms with Crippen molar-refractivity contribution in [2.24, 2.45) is 5.41 Å². The number of rotatable bonds is 3. The molecule has 1 fully saturated rings. The van der Waals surface area contributed by atoms with Gasteiger partial charge in [-0.15, -0.1) is 0 Å². The molecule has 4 heteroatoms. The Bertz CT molecular complexity index is 332. The first kappa shape index (κ1) is 12.6. The fourth-order valence-corrected chi connectivity index (χ4v) is 2.10. The lowest BCUT2D eigenvalue weighted by molar-refractivity contribution is -0.150. The van der Waals surface area contributed by atoms with Crippen molar-refractivity contribution in [3.63, 3.8) is 0 Å². The first-order valence-electron chi connectivity index (χ1n) is 5.55. The Balaban J connectivity index is 2.60. The van der Waals surface area contributed by atoms with Crippen molar-refractivity contribution >= 4 is 11.9 Å². The average Bonchev–Trinajstić information content (AvgIpc) is 2.28. The highest BCUT2D eigenvalue weighted by molar-refractivity contribution is 5.93. The normalized spacial score (nSPS) is 18.1. The topological polar surface area (TPSA) is 66.4 Å². The molecule has 1 aliphatic rings. The lowest BCUT2D eigenvalue weighted by Crippen LogP contribution is -2.44. The molecule has 0 aromatic rings. The second kappa shape index (κ2) is 5.55. The zero-order valence-electron chi connectivity index (χ0n) is 9.51. The monoisotopic (exact) mass is 223 g/mol. The third-order valence-corrected chi connectivity index (χ3v) is 3.09. The smallest absolute Gasteiger partial charge is 0.311 e.